The monoisotopic (exact) mass is 1240 g/mol. The number of nitrogens with zero attached hydrogens (tertiary/aromatic N) is 3. The molecule has 7 aromatic rings. The summed E-state index contributed by atoms with van der Waals surface area (Å²) in [4.78, 5) is 50.5. The Kier molecular flexibility index (Phi) is 20.5. The molecule has 11 rings (SSSR count). The van der Waals surface area contributed by atoms with Crippen LogP contribution in [0.5, 0.6) is 23.0 Å². The lowest BCUT2D eigenvalue weighted by Crippen LogP contribution is -2.38. The second-order valence-electron chi connectivity index (χ2n) is 23.7. The number of benzene rings is 5. The highest BCUT2D eigenvalue weighted by Gasteiger charge is 2.33. The molecular formula is C70H74Cl2F2N4O10. The highest BCUT2D eigenvalue weighted by molar-refractivity contribution is 6.31. The number of piperidine rings is 2. The summed E-state index contributed by atoms with van der Waals surface area (Å²) in [5.41, 5.74) is 4.35. The summed E-state index contributed by atoms with van der Waals surface area (Å²) in [6.07, 6.45) is 7.90. The van der Waals surface area contributed by atoms with Gasteiger partial charge < -0.3 is 44.1 Å². The Morgan fingerprint density at radius 1 is 0.580 bits per heavy atom. The molecule has 3 N–H and O–H groups in total. The molecule has 2 saturated heterocycles. The third-order valence-corrected chi connectivity index (χ3v) is 17.3. The number of ketones is 2. The number of Topliss-reactive ketones (excluding diaryl/α,β-unsaturated/α-hetero) is 2. The van der Waals surface area contributed by atoms with Gasteiger partial charge >= 0.3 is 6.09 Å². The lowest BCUT2D eigenvalue weighted by molar-refractivity contribution is 0.0395. The van der Waals surface area contributed by atoms with Crippen molar-refractivity contribution in [3.63, 3.8) is 0 Å². The molecule has 4 aliphatic rings. The first-order valence-electron chi connectivity index (χ1n) is 30.2. The molecule has 4 heterocycles. The van der Waals surface area contributed by atoms with Crippen LogP contribution < -0.4 is 24.3 Å². The smallest absolute Gasteiger partial charge is 0.410 e. The van der Waals surface area contributed by atoms with Crippen molar-refractivity contribution in [1.82, 2.24) is 20.2 Å². The lowest BCUT2D eigenvalue weighted by atomic mass is 9.85. The molecule has 0 radical (unpaired) electrons. The maximum Gasteiger partial charge on any atom is 0.410 e. The topological polar surface area (TPSA) is 179 Å². The molecule has 0 spiro atoms. The van der Waals surface area contributed by atoms with Gasteiger partial charge in [0.2, 0.25) is 0 Å². The normalized spacial score (nSPS) is 16.7. The molecular weight excluding hydrogens is 1170 g/mol. The van der Waals surface area contributed by atoms with Crippen LogP contribution in [0.1, 0.15) is 152 Å². The molecule has 2 unspecified atom stereocenters. The molecule has 2 aliphatic heterocycles. The minimum absolute atomic E-state index is 0.0180. The van der Waals surface area contributed by atoms with Crippen molar-refractivity contribution in [2.75, 3.05) is 40.4 Å². The average molecular weight is 1240 g/mol. The summed E-state index contributed by atoms with van der Waals surface area (Å²) in [5.74, 6) is 1.35. The van der Waals surface area contributed by atoms with Gasteiger partial charge in [-0.3, -0.25) is 9.59 Å². The molecule has 2 aromatic heterocycles. The minimum Gasteiger partial charge on any atom is -0.493 e. The molecule has 1 amide bonds. The lowest BCUT2D eigenvalue weighted by Gasteiger charge is -2.32. The van der Waals surface area contributed by atoms with E-state index in [1.165, 1.54) is 18.2 Å². The van der Waals surface area contributed by atoms with Crippen molar-refractivity contribution in [3.05, 3.63) is 188 Å². The molecule has 0 bridgehead atoms. The van der Waals surface area contributed by atoms with Gasteiger partial charge in [0.25, 0.3) is 0 Å². The van der Waals surface area contributed by atoms with E-state index in [0.717, 1.165) is 68.3 Å². The van der Waals surface area contributed by atoms with E-state index in [0.29, 0.717) is 99.9 Å². The van der Waals surface area contributed by atoms with Gasteiger partial charge in [0.1, 0.15) is 29.4 Å². The molecule has 5 aromatic carbocycles. The van der Waals surface area contributed by atoms with Crippen molar-refractivity contribution < 1.29 is 57.1 Å². The summed E-state index contributed by atoms with van der Waals surface area (Å²) >= 11 is 12.2. The van der Waals surface area contributed by atoms with E-state index in [9.17, 15) is 33.4 Å². The number of hydrogen-bond acceptors (Lipinski definition) is 13. The summed E-state index contributed by atoms with van der Waals surface area (Å²) < 4.78 is 56.1. The van der Waals surface area contributed by atoms with Crippen LogP contribution in [0.15, 0.2) is 127 Å². The van der Waals surface area contributed by atoms with Gasteiger partial charge in [-0.15, -0.1) is 0 Å². The first kappa shape index (κ1) is 63.5. The Labute approximate surface area is 522 Å². The van der Waals surface area contributed by atoms with E-state index in [4.69, 9.17) is 56.9 Å². The Bertz CT molecular complexity index is 3620. The van der Waals surface area contributed by atoms with Gasteiger partial charge in [0.05, 0.1) is 59.2 Å². The number of ether oxygens (including phenoxy) is 5. The van der Waals surface area contributed by atoms with E-state index in [-0.39, 0.29) is 78.1 Å². The van der Waals surface area contributed by atoms with Gasteiger partial charge in [-0.05, 0) is 217 Å². The number of pyridine rings is 2. The second kappa shape index (κ2) is 28.3. The summed E-state index contributed by atoms with van der Waals surface area (Å²) in [7, 11) is 3.10. The van der Waals surface area contributed by atoms with Gasteiger partial charge in [0, 0.05) is 48.2 Å². The largest absolute Gasteiger partial charge is 0.493 e. The maximum atomic E-state index is 14.1. The molecule has 2 saturated carbocycles. The second-order valence-corrected chi connectivity index (χ2v) is 24.5. The number of amides is 1. The standard InChI is InChI=1S/C39H40ClFN2O6.C31H34ClFN2O4/c1-39(46,17-14-34(44)28-9-13-35(36(22-28)47-2)49-30-10-11-30)37-23-29(21-33(42-37)27-8-12-32(41)31(40)20-27)26-15-18-43(19-16-26)38(45)48-24-25-6-4-3-5-7-25;1-31(37,12-9-27(36)21-4-8-28(29(17-21)38-2)39-23-5-6-23)30-18-22(19-10-13-34-14-11-19)16-26(35-30)20-3-7-25(33)24(32)15-20/h3-9,12-13,20-23,26,30,46H,10-11,14-19,24H2,1-2H3;3-4,7-8,15-19,23,34,37H,5-6,9-14H2,1-2H3. The molecule has 462 valence electrons. The Balaban J connectivity index is 0.000000199. The number of carbonyl (C=O) groups excluding carboxylic acids is 3. The van der Waals surface area contributed by atoms with Crippen molar-refractivity contribution in [2.45, 2.75) is 133 Å². The molecule has 18 heteroatoms. The third-order valence-electron chi connectivity index (χ3n) is 16.8. The van der Waals surface area contributed by atoms with E-state index < -0.39 is 22.8 Å². The maximum absolute atomic E-state index is 14.1. The van der Waals surface area contributed by atoms with Crippen LogP contribution in [-0.2, 0) is 22.5 Å². The molecule has 4 fully saturated rings. The minimum atomic E-state index is -1.47. The molecule has 88 heavy (non-hydrogen) atoms. The van der Waals surface area contributed by atoms with Crippen molar-refractivity contribution in [2.24, 2.45) is 0 Å². The fourth-order valence-electron chi connectivity index (χ4n) is 11.0. The number of aromatic nitrogens is 2. The van der Waals surface area contributed by atoms with Crippen molar-refractivity contribution in [3.8, 4) is 45.5 Å². The van der Waals surface area contributed by atoms with Gasteiger partial charge in [-0.25, -0.2) is 23.5 Å². The predicted octanol–water partition coefficient (Wildman–Crippen LogP) is 14.9. The van der Waals surface area contributed by atoms with Gasteiger partial charge in [-0.1, -0.05) is 53.5 Å². The van der Waals surface area contributed by atoms with E-state index in [2.05, 4.69) is 5.32 Å². The molecule has 2 atom stereocenters. The first-order valence-corrected chi connectivity index (χ1v) is 30.9. The number of rotatable bonds is 22. The van der Waals surface area contributed by atoms with Crippen LogP contribution in [0.2, 0.25) is 10.0 Å². The zero-order valence-corrected chi connectivity index (χ0v) is 51.5. The van der Waals surface area contributed by atoms with Gasteiger partial charge in [0.15, 0.2) is 34.6 Å². The molecule has 14 nitrogen and oxygen atoms in total. The summed E-state index contributed by atoms with van der Waals surface area (Å²) in [6.45, 7) is 6.38. The summed E-state index contributed by atoms with van der Waals surface area (Å²) in [6, 6.07) is 36.6. The Hall–Kier alpha value is -7.47. The van der Waals surface area contributed by atoms with Crippen LogP contribution in [0.25, 0.3) is 22.5 Å². The Morgan fingerprint density at radius 3 is 1.47 bits per heavy atom. The number of halogens is 4. The fraction of sp³-hybridized carbons (Fsp3) is 0.386. The van der Waals surface area contributed by atoms with Crippen LogP contribution in [-0.4, -0.2) is 95.3 Å². The Morgan fingerprint density at radius 2 is 1.03 bits per heavy atom. The average Bonchev–Trinajstić information content (AvgIpc) is 3.05. The van der Waals surface area contributed by atoms with Crippen LogP contribution in [0.4, 0.5) is 13.6 Å². The SMILES string of the molecule is COc1cc(C(=O)CCC(C)(O)c2cc(C3CCN(C(=O)OCc4ccccc4)CC3)cc(-c3ccc(F)c(Cl)c3)n2)ccc1OC1CC1.COc1cc(C(=O)CCC(C)(O)c2cc(C3CCNCC3)cc(-c3ccc(F)c(Cl)c3)n2)ccc1OC1CC1. The van der Waals surface area contributed by atoms with E-state index >= 15 is 0 Å². The quantitative estimate of drug-likeness (QED) is 0.0547. The van der Waals surface area contributed by atoms with E-state index in [1.807, 2.05) is 54.6 Å². The number of carbonyl (C=O) groups is 3. The van der Waals surface area contributed by atoms with Crippen molar-refractivity contribution in [1.29, 1.82) is 0 Å². The fourth-order valence-corrected chi connectivity index (χ4v) is 11.3. The zero-order chi connectivity index (χ0) is 62.1. The number of aliphatic hydroxyl groups is 2. The number of nitrogens with one attached hydrogen (secondary N) is 1. The zero-order valence-electron chi connectivity index (χ0n) is 50.0. The highest BCUT2D eigenvalue weighted by atomic mass is 35.5. The van der Waals surface area contributed by atoms with Crippen LogP contribution >= 0.6 is 23.2 Å². The van der Waals surface area contributed by atoms with E-state index in [1.54, 1.807) is 87.6 Å². The summed E-state index contributed by atoms with van der Waals surface area (Å²) in [5, 5.41) is 26.7. The van der Waals surface area contributed by atoms with Crippen molar-refractivity contribution >= 4 is 40.9 Å². The number of methoxy groups -OCH3 is 2. The molecule has 2 aliphatic carbocycles. The first-order chi connectivity index (χ1) is 42.3. The number of likely N-dealkylation sites (tertiary alicyclic amines) is 1. The number of hydrogen-bond donors (Lipinski definition) is 3. The third kappa shape index (κ3) is 16.4. The predicted molar refractivity (Wildman–Crippen MR) is 334 cm³/mol. The highest BCUT2D eigenvalue weighted by Crippen LogP contribution is 2.40. The van der Waals surface area contributed by atoms with Gasteiger partial charge in [-0.2, -0.15) is 0 Å². The van der Waals surface area contributed by atoms with Crippen LogP contribution in [0.3, 0.4) is 0 Å². The van der Waals surface area contributed by atoms with Crippen LogP contribution in [0, 0.1) is 11.6 Å².